The lowest BCUT2D eigenvalue weighted by molar-refractivity contribution is -0.136. The van der Waals surface area contributed by atoms with Crippen LogP contribution in [0.1, 0.15) is 5.56 Å². The zero-order chi connectivity index (χ0) is 23.7. The van der Waals surface area contributed by atoms with Crippen molar-refractivity contribution in [3.63, 3.8) is 0 Å². The van der Waals surface area contributed by atoms with Gasteiger partial charge in [-0.25, -0.2) is 4.98 Å². The summed E-state index contributed by atoms with van der Waals surface area (Å²) >= 11 is 0. The Morgan fingerprint density at radius 2 is 1.68 bits per heavy atom. The van der Waals surface area contributed by atoms with E-state index in [0.717, 1.165) is 25.0 Å². The molecule has 0 radical (unpaired) electrons. The van der Waals surface area contributed by atoms with E-state index < -0.39 is 11.7 Å². The van der Waals surface area contributed by atoms with Gasteiger partial charge in [0.15, 0.2) is 0 Å². The number of hydrogen-bond acceptors (Lipinski definition) is 7. The number of benzene rings is 1. The van der Waals surface area contributed by atoms with Crippen LogP contribution in [0, 0.1) is 0 Å². The van der Waals surface area contributed by atoms with Crippen molar-refractivity contribution in [1.82, 2.24) is 9.97 Å². The highest BCUT2D eigenvalue weighted by molar-refractivity contribution is 5.95. The van der Waals surface area contributed by atoms with Crippen molar-refractivity contribution in [2.24, 2.45) is 0 Å². The molecule has 2 fully saturated rings. The molecule has 0 spiro atoms. The average molecular weight is 477 g/mol. The number of aromatic amines is 1. The zero-order valence-corrected chi connectivity index (χ0v) is 18.7. The number of pyridine rings is 1. The topological polar surface area (TPSA) is 74.9 Å². The fourth-order valence-corrected chi connectivity index (χ4v) is 4.39. The third kappa shape index (κ3) is 4.45. The molecule has 0 saturated carbocycles. The summed E-state index contributed by atoms with van der Waals surface area (Å²) < 4.78 is 57.5. The van der Waals surface area contributed by atoms with Gasteiger partial charge in [0.1, 0.15) is 17.2 Å². The van der Waals surface area contributed by atoms with Crippen molar-refractivity contribution in [1.29, 1.82) is 0 Å². The molecule has 0 aliphatic carbocycles. The number of halogens is 3. The molecule has 3 aromatic rings. The number of rotatable bonds is 5. The number of methoxy groups -OCH3 is 1. The van der Waals surface area contributed by atoms with Crippen LogP contribution in [0.15, 0.2) is 30.5 Å². The lowest BCUT2D eigenvalue weighted by atomic mass is 10.1. The van der Waals surface area contributed by atoms with E-state index in [9.17, 15) is 13.2 Å². The molecular weight excluding hydrogens is 451 g/mol. The highest BCUT2D eigenvalue weighted by atomic mass is 19.4. The van der Waals surface area contributed by atoms with Crippen LogP contribution in [-0.2, 0) is 15.7 Å². The first kappa shape index (κ1) is 22.6. The first-order chi connectivity index (χ1) is 16.4. The minimum absolute atomic E-state index is 0.0644. The van der Waals surface area contributed by atoms with Crippen LogP contribution in [-0.4, -0.2) is 69.7 Å². The number of nitrogens with zero attached hydrogens (tertiary/aromatic N) is 3. The number of alkyl halides is 3. The highest BCUT2D eigenvalue weighted by Crippen LogP contribution is 2.41. The second-order valence-corrected chi connectivity index (χ2v) is 8.16. The number of fused-ring (bicyclic) bond motifs is 1. The predicted octanol–water partition coefficient (Wildman–Crippen LogP) is 4.01. The van der Waals surface area contributed by atoms with Crippen LogP contribution in [0.4, 0.5) is 36.1 Å². The number of anilines is 4. The molecule has 2 aliphatic rings. The van der Waals surface area contributed by atoms with E-state index in [1.54, 1.807) is 13.2 Å². The second-order valence-electron chi connectivity index (χ2n) is 8.16. The Labute approximate surface area is 194 Å². The van der Waals surface area contributed by atoms with Crippen LogP contribution in [0.25, 0.3) is 11.0 Å². The van der Waals surface area contributed by atoms with E-state index in [1.807, 2.05) is 23.1 Å². The minimum Gasteiger partial charge on any atom is -0.494 e. The van der Waals surface area contributed by atoms with Crippen molar-refractivity contribution >= 4 is 33.9 Å². The highest BCUT2D eigenvalue weighted by Gasteiger charge is 2.36. The van der Waals surface area contributed by atoms with Gasteiger partial charge in [0.2, 0.25) is 0 Å². The first-order valence-electron chi connectivity index (χ1n) is 11.1. The quantitative estimate of drug-likeness (QED) is 0.575. The van der Waals surface area contributed by atoms with E-state index >= 15 is 0 Å². The third-order valence-corrected chi connectivity index (χ3v) is 6.10. The average Bonchev–Trinajstić information content (AvgIpc) is 3.30. The maximum atomic E-state index is 13.7. The van der Waals surface area contributed by atoms with Crippen LogP contribution < -0.4 is 19.9 Å². The summed E-state index contributed by atoms with van der Waals surface area (Å²) in [6.45, 7) is 4.84. The third-order valence-electron chi connectivity index (χ3n) is 6.10. The Bertz CT molecular complexity index is 1150. The number of H-pyrrole nitrogens is 1. The van der Waals surface area contributed by atoms with Crippen molar-refractivity contribution in [2.75, 3.05) is 74.8 Å². The molecule has 0 bridgehead atoms. The van der Waals surface area contributed by atoms with E-state index in [2.05, 4.69) is 20.2 Å². The molecule has 182 valence electrons. The van der Waals surface area contributed by atoms with Gasteiger partial charge in [-0.05, 0) is 12.1 Å². The molecule has 8 nitrogen and oxygen atoms in total. The fourth-order valence-electron chi connectivity index (χ4n) is 4.39. The van der Waals surface area contributed by atoms with E-state index in [4.69, 9.17) is 14.2 Å². The molecule has 4 heterocycles. The van der Waals surface area contributed by atoms with Crippen LogP contribution in [0.5, 0.6) is 5.75 Å². The summed E-state index contributed by atoms with van der Waals surface area (Å²) in [5.74, 6) is 1.03. The summed E-state index contributed by atoms with van der Waals surface area (Å²) in [4.78, 5) is 11.3. The molecule has 11 heteroatoms. The van der Waals surface area contributed by atoms with Crippen molar-refractivity contribution in [3.05, 3.63) is 36.0 Å². The number of hydrogen-bond donors (Lipinski definition) is 2. The van der Waals surface area contributed by atoms with Crippen LogP contribution in [0.2, 0.25) is 0 Å². The number of ether oxygens (including phenoxy) is 3. The normalized spacial score (nSPS) is 17.3. The van der Waals surface area contributed by atoms with Gasteiger partial charge in [0.25, 0.3) is 0 Å². The molecule has 1 aromatic carbocycles. The van der Waals surface area contributed by atoms with Gasteiger partial charge in [0.05, 0.1) is 55.9 Å². The Morgan fingerprint density at radius 1 is 1.00 bits per heavy atom. The fraction of sp³-hybridized carbons (Fsp3) is 0.435. The van der Waals surface area contributed by atoms with Crippen LogP contribution in [0.3, 0.4) is 0 Å². The largest absolute Gasteiger partial charge is 0.494 e. The van der Waals surface area contributed by atoms with Crippen molar-refractivity contribution in [2.45, 2.75) is 6.18 Å². The van der Waals surface area contributed by atoms with E-state index in [1.165, 1.54) is 0 Å². The monoisotopic (exact) mass is 477 g/mol. The summed E-state index contributed by atoms with van der Waals surface area (Å²) in [5.41, 5.74) is 1.59. The second kappa shape index (κ2) is 9.22. The first-order valence-corrected chi connectivity index (χ1v) is 11.1. The summed E-state index contributed by atoms with van der Waals surface area (Å²) in [5, 5.41) is 3.30. The van der Waals surface area contributed by atoms with Gasteiger partial charge in [-0.2, -0.15) is 13.2 Å². The molecule has 5 rings (SSSR count). The van der Waals surface area contributed by atoms with Gasteiger partial charge in [-0.3, -0.25) is 0 Å². The maximum absolute atomic E-state index is 13.7. The molecule has 2 aliphatic heterocycles. The Kier molecular flexibility index (Phi) is 6.13. The molecular formula is C23H26F3N5O3. The van der Waals surface area contributed by atoms with Gasteiger partial charge < -0.3 is 34.3 Å². The molecule has 0 unspecified atom stereocenters. The Balaban J connectivity index is 1.51. The lowest BCUT2D eigenvalue weighted by Gasteiger charge is -2.30. The predicted molar refractivity (Wildman–Crippen MR) is 123 cm³/mol. The molecule has 2 N–H and O–H groups in total. The van der Waals surface area contributed by atoms with Crippen LogP contribution >= 0.6 is 0 Å². The summed E-state index contributed by atoms with van der Waals surface area (Å²) in [6, 6.07) is 7.46. The summed E-state index contributed by atoms with van der Waals surface area (Å²) in [7, 11) is 1.58. The van der Waals surface area contributed by atoms with E-state index in [-0.39, 0.29) is 11.0 Å². The Hall–Kier alpha value is -3.18. The molecule has 34 heavy (non-hydrogen) atoms. The molecule has 2 saturated heterocycles. The maximum Gasteiger partial charge on any atom is 0.418 e. The SMILES string of the molecule is COc1cc(N2CCOCC2)ccc1Nc1cc(N2CCOCC2)c2c(C(F)(F)F)c[nH]c2n1. The standard InChI is InChI=1S/C23H26F3N5O3/c1-32-19-12-15(30-4-8-33-9-5-30)2-3-17(19)28-20-13-18(31-6-10-34-11-7-31)21-16(23(24,25)26)14-27-22(21)29-20/h2-3,12-14H,4-11H2,1H3,(H2,27,28,29). The van der Waals surface area contributed by atoms with Crippen molar-refractivity contribution < 1.29 is 27.4 Å². The van der Waals surface area contributed by atoms with Gasteiger partial charge in [-0.1, -0.05) is 0 Å². The van der Waals surface area contributed by atoms with Gasteiger partial charge >= 0.3 is 6.18 Å². The van der Waals surface area contributed by atoms with Crippen molar-refractivity contribution in [3.8, 4) is 5.75 Å². The van der Waals surface area contributed by atoms with Gasteiger partial charge in [0, 0.05) is 50.2 Å². The smallest absolute Gasteiger partial charge is 0.418 e. The lowest BCUT2D eigenvalue weighted by Crippen LogP contribution is -2.36. The summed E-state index contributed by atoms with van der Waals surface area (Å²) in [6.07, 6.45) is -3.52. The number of aromatic nitrogens is 2. The number of morpholine rings is 2. The Morgan fingerprint density at radius 3 is 2.32 bits per heavy atom. The molecule has 0 atom stereocenters. The van der Waals surface area contributed by atoms with Gasteiger partial charge in [-0.15, -0.1) is 0 Å². The minimum atomic E-state index is -4.49. The molecule has 0 amide bonds. The molecule has 2 aromatic heterocycles. The van der Waals surface area contributed by atoms with E-state index in [0.29, 0.717) is 62.5 Å². The number of nitrogens with one attached hydrogen (secondary N) is 2. The zero-order valence-electron chi connectivity index (χ0n) is 18.7.